The molecule has 0 spiro atoms. The summed E-state index contributed by atoms with van der Waals surface area (Å²) >= 11 is 0. The van der Waals surface area contributed by atoms with E-state index < -0.39 is 5.54 Å². The summed E-state index contributed by atoms with van der Waals surface area (Å²) in [6.07, 6.45) is 4.95. The summed E-state index contributed by atoms with van der Waals surface area (Å²) in [6, 6.07) is 1.07. The van der Waals surface area contributed by atoms with Gasteiger partial charge in [-0.3, -0.25) is 9.69 Å². The Morgan fingerprint density at radius 1 is 1.37 bits per heavy atom. The van der Waals surface area contributed by atoms with E-state index in [2.05, 4.69) is 4.90 Å². The van der Waals surface area contributed by atoms with Crippen molar-refractivity contribution in [3.63, 3.8) is 0 Å². The number of hydrogen-bond acceptors (Lipinski definition) is 5. The lowest BCUT2D eigenvalue weighted by Gasteiger charge is -2.30. The Bertz CT molecular complexity index is 320. The van der Waals surface area contributed by atoms with Gasteiger partial charge in [-0.15, -0.1) is 0 Å². The van der Waals surface area contributed by atoms with Crippen molar-refractivity contribution in [2.24, 2.45) is 5.73 Å². The second-order valence-corrected chi connectivity index (χ2v) is 5.74. The summed E-state index contributed by atoms with van der Waals surface area (Å²) in [4.78, 5) is 14.4. The molecule has 0 aromatic rings. The molecule has 2 unspecified atom stereocenters. The van der Waals surface area contributed by atoms with Crippen LogP contribution in [0.2, 0.25) is 0 Å². The third kappa shape index (κ3) is 3.46. The van der Waals surface area contributed by atoms with E-state index >= 15 is 0 Å². The van der Waals surface area contributed by atoms with Gasteiger partial charge in [0.2, 0.25) is 0 Å². The third-order valence-electron chi connectivity index (χ3n) is 4.24. The summed E-state index contributed by atoms with van der Waals surface area (Å²) in [7, 11) is 1.73. The first-order valence-electron chi connectivity index (χ1n) is 7.31. The number of hydrogen-bond donors (Lipinski definition) is 1. The molecule has 0 saturated heterocycles. The molecule has 2 aliphatic carbocycles. The zero-order valence-electron chi connectivity index (χ0n) is 12.1. The summed E-state index contributed by atoms with van der Waals surface area (Å²) in [5.74, 6) is -0.236. The molecule has 0 radical (unpaired) electrons. The molecular formula is C14H26N2O3. The van der Waals surface area contributed by atoms with Gasteiger partial charge in [-0.1, -0.05) is 0 Å². The minimum absolute atomic E-state index is 0.236. The Balaban J connectivity index is 1.93. The van der Waals surface area contributed by atoms with Gasteiger partial charge in [0.25, 0.3) is 0 Å². The summed E-state index contributed by atoms with van der Waals surface area (Å²) < 4.78 is 10.3. The van der Waals surface area contributed by atoms with E-state index in [0.717, 1.165) is 26.0 Å². The van der Waals surface area contributed by atoms with Gasteiger partial charge in [-0.25, -0.2) is 0 Å². The normalized spacial score (nSPS) is 30.8. The average molecular weight is 270 g/mol. The lowest BCUT2D eigenvalue weighted by molar-refractivity contribution is -0.149. The lowest BCUT2D eigenvalue weighted by atomic mass is 9.99. The topological polar surface area (TPSA) is 64.8 Å². The highest BCUT2D eigenvalue weighted by molar-refractivity contribution is 5.81. The number of ether oxygens (including phenoxy) is 2. The maximum atomic E-state index is 11.9. The van der Waals surface area contributed by atoms with Crippen molar-refractivity contribution >= 4 is 5.97 Å². The molecule has 0 aromatic carbocycles. The van der Waals surface area contributed by atoms with Crippen LogP contribution in [0.15, 0.2) is 0 Å². The highest BCUT2D eigenvalue weighted by Gasteiger charge is 2.47. The Morgan fingerprint density at radius 2 is 2.11 bits per heavy atom. The number of carbonyl (C=O) groups excluding carboxylic acids is 1. The van der Waals surface area contributed by atoms with Gasteiger partial charge >= 0.3 is 5.97 Å². The minimum atomic E-state index is -0.777. The lowest BCUT2D eigenvalue weighted by Crippen LogP contribution is -2.49. The molecule has 2 fully saturated rings. The first kappa shape index (κ1) is 14.8. The molecule has 5 nitrogen and oxygen atoms in total. The van der Waals surface area contributed by atoms with Crippen molar-refractivity contribution in [1.29, 1.82) is 0 Å². The molecule has 0 aromatic heterocycles. The van der Waals surface area contributed by atoms with Crippen LogP contribution >= 0.6 is 0 Å². The Morgan fingerprint density at radius 3 is 2.68 bits per heavy atom. The van der Waals surface area contributed by atoms with Gasteiger partial charge < -0.3 is 15.2 Å². The summed E-state index contributed by atoms with van der Waals surface area (Å²) in [6.45, 7) is 3.90. The van der Waals surface area contributed by atoms with Crippen LogP contribution in [0.1, 0.15) is 39.0 Å². The molecule has 0 aliphatic heterocycles. The quantitative estimate of drug-likeness (QED) is 0.697. The summed E-state index contributed by atoms with van der Waals surface area (Å²) in [5.41, 5.74) is 5.46. The van der Waals surface area contributed by atoms with Crippen LogP contribution in [-0.4, -0.2) is 55.4 Å². The number of carbonyl (C=O) groups is 1. The van der Waals surface area contributed by atoms with E-state index in [-0.39, 0.29) is 5.97 Å². The second kappa shape index (κ2) is 6.20. The predicted molar refractivity (Wildman–Crippen MR) is 72.8 cm³/mol. The zero-order chi connectivity index (χ0) is 13.9. The Hall–Kier alpha value is -0.650. The predicted octanol–water partition coefficient (Wildman–Crippen LogP) is 0.910. The maximum Gasteiger partial charge on any atom is 0.326 e. The fraction of sp³-hybridized carbons (Fsp3) is 0.929. The zero-order valence-corrected chi connectivity index (χ0v) is 12.1. The van der Waals surface area contributed by atoms with E-state index in [4.69, 9.17) is 15.2 Å². The molecular weight excluding hydrogens is 244 g/mol. The van der Waals surface area contributed by atoms with Crippen LogP contribution in [-0.2, 0) is 14.3 Å². The monoisotopic (exact) mass is 270 g/mol. The maximum absolute atomic E-state index is 11.9. The van der Waals surface area contributed by atoms with Gasteiger partial charge in [0, 0.05) is 25.7 Å². The van der Waals surface area contributed by atoms with Crippen molar-refractivity contribution in [2.75, 3.05) is 26.9 Å². The van der Waals surface area contributed by atoms with Crippen LogP contribution in [0.5, 0.6) is 0 Å². The average Bonchev–Trinajstić information content (AvgIpc) is 3.14. The fourth-order valence-corrected chi connectivity index (χ4v) is 3.06. The fourth-order valence-electron chi connectivity index (χ4n) is 3.06. The molecule has 2 rings (SSSR count). The van der Waals surface area contributed by atoms with Crippen LogP contribution in [0.4, 0.5) is 0 Å². The van der Waals surface area contributed by atoms with Gasteiger partial charge in [0.05, 0.1) is 13.2 Å². The van der Waals surface area contributed by atoms with E-state index in [1.54, 1.807) is 7.11 Å². The third-order valence-corrected chi connectivity index (χ3v) is 4.24. The van der Waals surface area contributed by atoms with E-state index in [1.165, 1.54) is 12.8 Å². The number of nitrogens with two attached hydrogens (primary N) is 1. The first-order chi connectivity index (χ1) is 9.10. The van der Waals surface area contributed by atoms with Gasteiger partial charge in [0.15, 0.2) is 0 Å². The van der Waals surface area contributed by atoms with Crippen molar-refractivity contribution in [3.8, 4) is 0 Å². The SMILES string of the molecule is CCOC(=O)C1(N)CCC(N(CCOC)C2CC2)C1. The van der Waals surface area contributed by atoms with E-state index in [9.17, 15) is 4.79 Å². The molecule has 2 aliphatic rings. The van der Waals surface area contributed by atoms with E-state index in [1.807, 2.05) is 6.92 Å². The number of rotatable bonds is 7. The molecule has 0 bridgehead atoms. The molecule has 19 heavy (non-hydrogen) atoms. The largest absolute Gasteiger partial charge is 0.465 e. The smallest absolute Gasteiger partial charge is 0.326 e. The van der Waals surface area contributed by atoms with Gasteiger partial charge in [-0.05, 0) is 39.0 Å². The standard InChI is InChI=1S/C14H26N2O3/c1-3-19-13(17)14(15)7-6-12(10-14)16(8-9-18-2)11-4-5-11/h11-12H,3-10,15H2,1-2H3. The van der Waals surface area contributed by atoms with Crippen LogP contribution in [0.3, 0.4) is 0 Å². The molecule has 0 heterocycles. The molecule has 5 heteroatoms. The molecule has 110 valence electrons. The van der Waals surface area contributed by atoms with Gasteiger partial charge in [-0.2, -0.15) is 0 Å². The minimum Gasteiger partial charge on any atom is -0.465 e. The summed E-state index contributed by atoms with van der Waals surface area (Å²) in [5, 5.41) is 0. The van der Waals surface area contributed by atoms with Crippen LogP contribution < -0.4 is 5.73 Å². The van der Waals surface area contributed by atoms with E-state index in [0.29, 0.717) is 25.1 Å². The van der Waals surface area contributed by atoms with Crippen LogP contribution in [0, 0.1) is 0 Å². The number of nitrogens with zero attached hydrogens (tertiary/aromatic N) is 1. The molecule has 0 amide bonds. The number of esters is 1. The highest BCUT2D eigenvalue weighted by Crippen LogP contribution is 2.37. The van der Waals surface area contributed by atoms with Gasteiger partial charge in [0.1, 0.15) is 5.54 Å². The van der Waals surface area contributed by atoms with Crippen molar-refractivity contribution < 1.29 is 14.3 Å². The Kier molecular flexibility index (Phi) is 4.81. The molecule has 2 saturated carbocycles. The number of methoxy groups -OCH3 is 1. The van der Waals surface area contributed by atoms with Crippen molar-refractivity contribution in [2.45, 2.75) is 56.7 Å². The van der Waals surface area contributed by atoms with Crippen LogP contribution in [0.25, 0.3) is 0 Å². The molecule has 2 N–H and O–H groups in total. The first-order valence-corrected chi connectivity index (χ1v) is 7.31. The highest BCUT2D eigenvalue weighted by atomic mass is 16.5. The van der Waals surface area contributed by atoms with Crippen molar-refractivity contribution in [3.05, 3.63) is 0 Å². The second-order valence-electron chi connectivity index (χ2n) is 5.74. The Labute approximate surface area is 115 Å². The molecule has 2 atom stereocenters. The van der Waals surface area contributed by atoms with Crippen molar-refractivity contribution in [1.82, 2.24) is 4.90 Å².